The number of likely N-dealkylation sites (N-methyl/N-ethyl adjacent to an activating group) is 1. The average Bonchev–Trinajstić information content (AvgIpc) is 3.35. The molecule has 152 valence electrons. The Hall–Kier alpha value is -3.70. The summed E-state index contributed by atoms with van der Waals surface area (Å²) in [5.41, 5.74) is 3.15. The number of urea groups is 1. The van der Waals surface area contributed by atoms with E-state index in [9.17, 15) is 4.79 Å². The highest BCUT2D eigenvalue weighted by molar-refractivity contribution is 5.89. The molecule has 1 aliphatic heterocycles. The maximum absolute atomic E-state index is 12.4. The molecule has 2 amide bonds. The van der Waals surface area contributed by atoms with Crippen LogP contribution < -0.4 is 10.6 Å². The molecule has 0 spiro atoms. The SMILES string of the molecule is Cc1ccc(-c2noc([C@@H]3C[C@H](NC(=O)Nc4cccc(C#N)c4)CN3C)n2)cc1. The van der Waals surface area contributed by atoms with Crippen LogP contribution in [0.5, 0.6) is 0 Å². The van der Waals surface area contributed by atoms with E-state index in [1.807, 2.05) is 38.2 Å². The molecule has 2 atom stereocenters. The molecule has 2 N–H and O–H groups in total. The third-order valence-corrected chi connectivity index (χ3v) is 5.17. The lowest BCUT2D eigenvalue weighted by atomic mass is 10.1. The zero-order chi connectivity index (χ0) is 21.1. The van der Waals surface area contributed by atoms with Crippen molar-refractivity contribution in [2.45, 2.75) is 25.4 Å². The molecular formula is C22H22N6O2. The van der Waals surface area contributed by atoms with E-state index in [4.69, 9.17) is 9.78 Å². The molecule has 4 rings (SSSR count). The first kappa shape index (κ1) is 19.6. The Labute approximate surface area is 174 Å². The highest BCUT2D eigenvalue weighted by Gasteiger charge is 2.35. The molecule has 1 aliphatic rings. The highest BCUT2D eigenvalue weighted by atomic mass is 16.5. The summed E-state index contributed by atoms with van der Waals surface area (Å²) in [5, 5.41) is 18.8. The molecular weight excluding hydrogens is 380 g/mol. The summed E-state index contributed by atoms with van der Waals surface area (Å²) in [6.45, 7) is 2.70. The van der Waals surface area contributed by atoms with E-state index in [1.165, 1.54) is 5.56 Å². The second-order valence-electron chi connectivity index (χ2n) is 7.50. The van der Waals surface area contributed by atoms with E-state index in [2.05, 4.69) is 31.7 Å². The molecule has 1 fully saturated rings. The number of benzene rings is 2. The van der Waals surface area contributed by atoms with E-state index in [0.29, 0.717) is 35.9 Å². The molecule has 1 aromatic heterocycles. The number of aryl methyl sites for hydroxylation is 1. The van der Waals surface area contributed by atoms with Gasteiger partial charge in [-0.3, -0.25) is 4.90 Å². The van der Waals surface area contributed by atoms with Crippen LogP contribution in [0.1, 0.15) is 29.5 Å². The molecule has 0 saturated carbocycles. The Bertz CT molecular complexity index is 1090. The van der Waals surface area contributed by atoms with E-state index in [1.54, 1.807) is 24.3 Å². The molecule has 0 radical (unpaired) electrons. The standard InChI is InChI=1S/C22H22N6O2/c1-14-6-8-16(9-7-14)20-26-21(30-27-20)19-11-18(13-28(19)2)25-22(29)24-17-5-3-4-15(10-17)12-23/h3-10,18-19H,11,13H2,1-2H3,(H2,24,25,29)/t18-,19-/m0/s1. The molecule has 1 saturated heterocycles. The van der Waals surface area contributed by atoms with Crippen LogP contribution in [0.4, 0.5) is 10.5 Å². The maximum Gasteiger partial charge on any atom is 0.319 e. The van der Waals surface area contributed by atoms with E-state index in [0.717, 1.165) is 5.56 Å². The smallest absolute Gasteiger partial charge is 0.319 e. The highest BCUT2D eigenvalue weighted by Crippen LogP contribution is 2.31. The lowest BCUT2D eigenvalue weighted by Crippen LogP contribution is -2.39. The van der Waals surface area contributed by atoms with Gasteiger partial charge in [-0.2, -0.15) is 10.2 Å². The number of amides is 2. The number of nitriles is 1. The number of carbonyl (C=O) groups is 1. The van der Waals surface area contributed by atoms with Gasteiger partial charge in [-0.1, -0.05) is 41.1 Å². The Kier molecular flexibility index (Phi) is 5.46. The first-order chi connectivity index (χ1) is 14.5. The predicted octanol–water partition coefficient (Wildman–Crippen LogP) is 3.48. The number of likely N-dealkylation sites (tertiary alicyclic amines) is 1. The van der Waals surface area contributed by atoms with Crippen molar-refractivity contribution in [2.24, 2.45) is 0 Å². The van der Waals surface area contributed by atoms with Crippen molar-refractivity contribution in [3.8, 4) is 17.5 Å². The van der Waals surface area contributed by atoms with Gasteiger partial charge in [0.1, 0.15) is 0 Å². The summed E-state index contributed by atoms with van der Waals surface area (Å²) in [6, 6.07) is 16.4. The van der Waals surface area contributed by atoms with Crippen LogP contribution in [0.2, 0.25) is 0 Å². The lowest BCUT2D eigenvalue weighted by Gasteiger charge is -2.14. The van der Waals surface area contributed by atoms with Gasteiger partial charge in [-0.05, 0) is 38.6 Å². The van der Waals surface area contributed by atoms with Crippen molar-refractivity contribution in [3.63, 3.8) is 0 Å². The van der Waals surface area contributed by atoms with Gasteiger partial charge in [0.25, 0.3) is 0 Å². The van der Waals surface area contributed by atoms with Gasteiger partial charge in [-0.25, -0.2) is 4.79 Å². The van der Waals surface area contributed by atoms with Gasteiger partial charge in [0.05, 0.1) is 17.7 Å². The van der Waals surface area contributed by atoms with Crippen LogP contribution in [0.15, 0.2) is 53.1 Å². The first-order valence-electron chi connectivity index (χ1n) is 9.70. The summed E-state index contributed by atoms with van der Waals surface area (Å²) in [5.74, 6) is 1.10. The van der Waals surface area contributed by atoms with E-state index >= 15 is 0 Å². The zero-order valence-corrected chi connectivity index (χ0v) is 16.8. The Morgan fingerprint density at radius 3 is 2.83 bits per heavy atom. The van der Waals surface area contributed by atoms with Crippen molar-refractivity contribution in [3.05, 3.63) is 65.5 Å². The minimum atomic E-state index is -0.310. The van der Waals surface area contributed by atoms with Gasteiger partial charge < -0.3 is 15.2 Å². The molecule has 8 heteroatoms. The Balaban J connectivity index is 1.38. The van der Waals surface area contributed by atoms with Gasteiger partial charge in [0.15, 0.2) is 0 Å². The van der Waals surface area contributed by atoms with Crippen LogP contribution in [0.25, 0.3) is 11.4 Å². The van der Waals surface area contributed by atoms with Gasteiger partial charge in [0, 0.05) is 23.8 Å². The molecule has 30 heavy (non-hydrogen) atoms. The lowest BCUT2D eigenvalue weighted by molar-refractivity contribution is 0.243. The molecule has 2 heterocycles. The molecule has 0 bridgehead atoms. The van der Waals surface area contributed by atoms with Crippen molar-refractivity contribution < 1.29 is 9.32 Å². The fraction of sp³-hybridized carbons (Fsp3) is 0.273. The summed E-state index contributed by atoms with van der Waals surface area (Å²) >= 11 is 0. The Morgan fingerprint density at radius 1 is 1.27 bits per heavy atom. The minimum Gasteiger partial charge on any atom is -0.337 e. The number of carbonyl (C=O) groups excluding carboxylic acids is 1. The normalized spacial score (nSPS) is 18.7. The van der Waals surface area contributed by atoms with Gasteiger partial charge in [-0.15, -0.1) is 0 Å². The fourth-order valence-electron chi connectivity index (χ4n) is 3.60. The average molecular weight is 402 g/mol. The number of rotatable bonds is 4. The quantitative estimate of drug-likeness (QED) is 0.692. The van der Waals surface area contributed by atoms with Gasteiger partial charge >= 0.3 is 6.03 Å². The molecule has 0 aliphatic carbocycles. The summed E-state index contributed by atoms with van der Waals surface area (Å²) in [4.78, 5) is 19.0. The summed E-state index contributed by atoms with van der Waals surface area (Å²) < 4.78 is 5.52. The molecule has 0 unspecified atom stereocenters. The topological polar surface area (TPSA) is 107 Å². The number of hydrogen-bond acceptors (Lipinski definition) is 6. The van der Waals surface area contributed by atoms with Crippen LogP contribution in [-0.2, 0) is 0 Å². The third kappa shape index (κ3) is 4.31. The number of nitrogens with zero attached hydrogens (tertiary/aromatic N) is 4. The van der Waals surface area contributed by atoms with Crippen LogP contribution in [-0.4, -0.2) is 40.7 Å². The summed E-state index contributed by atoms with van der Waals surface area (Å²) in [6.07, 6.45) is 0.664. The van der Waals surface area contributed by atoms with Crippen molar-refractivity contribution in [2.75, 3.05) is 18.9 Å². The monoisotopic (exact) mass is 402 g/mol. The maximum atomic E-state index is 12.4. The van der Waals surface area contributed by atoms with Crippen LogP contribution in [0.3, 0.4) is 0 Å². The van der Waals surface area contributed by atoms with Gasteiger partial charge in [0.2, 0.25) is 11.7 Å². The largest absolute Gasteiger partial charge is 0.337 e. The number of nitrogens with one attached hydrogen (secondary N) is 2. The van der Waals surface area contributed by atoms with Crippen molar-refractivity contribution >= 4 is 11.7 Å². The van der Waals surface area contributed by atoms with E-state index in [-0.39, 0.29) is 18.1 Å². The van der Waals surface area contributed by atoms with Crippen molar-refractivity contribution in [1.82, 2.24) is 20.4 Å². The van der Waals surface area contributed by atoms with Crippen LogP contribution in [0, 0.1) is 18.3 Å². The molecule has 3 aromatic rings. The van der Waals surface area contributed by atoms with Crippen molar-refractivity contribution in [1.29, 1.82) is 5.26 Å². The number of hydrogen-bond donors (Lipinski definition) is 2. The van der Waals surface area contributed by atoms with Crippen LogP contribution >= 0.6 is 0 Å². The van der Waals surface area contributed by atoms with E-state index < -0.39 is 0 Å². The molecule has 8 nitrogen and oxygen atoms in total. The second-order valence-corrected chi connectivity index (χ2v) is 7.50. The number of anilines is 1. The predicted molar refractivity (Wildman–Crippen MR) is 112 cm³/mol. The Morgan fingerprint density at radius 2 is 2.07 bits per heavy atom. The summed E-state index contributed by atoms with van der Waals surface area (Å²) in [7, 11) is 1.97. The first-order valence-corrected chi connectivity index (χ1v) is 9.70. The third-order valence-electron chi connectivity index (χ3n) is 5.17. The fourth-order valence-corrected chi connectivity index (χ4v) is 3.60. The second kappa shape index (κ2) is 8.35. The zero-order valence-electron chi connectivity index (χ0n) is 16.8. The number of aromatic nitrogens is 2. The molecule has 2 aromatic carbocycles. The minimum absolute atomic E-state index is 0.0612.